The van der Waals surface area contributed by atoms with Crippen molar-refractivity contribution in [3.63, 3.8) is 0 Å². The minimum atomic E-state index is -0.453. The SMILES string of the molecule is Cc1nn(-c2ccccc2)cc1CCCNC(=O)C(C)n1c(-c2cccs2)n[nH]c1=S. The predicted molar refractivity (Wildman–Crippen MR) is 125 cm³/mol. The molecule has 4 rings (SSSR count). The van der Waals surface area contributed by atoms with Crippen molar-refractivity contribution in [3.05, 3.63) is 70.1 Å². The van der Waals surface area contributed by atoms with Crippen LogP contribution in [-0.2, 0) is 11.2 Å². The zero-order valence-corrected chi connectivity index (χ0v) is 19.0. The first-order chi connectivity index (χ1) is 15.0. The number of nitrogens with zero attached hydrogens (tertiary/aromatic N) is 4. The zero-order valence-electron chi connectivity index (χ0n) is 17.4. The lowest BCUT2D eigenvalue weighted by Gasteiger charge is -2.15. The summed E-state index contributed by atoms with van der Waals surface area (Å²) in [5, 5.41) is 16.7. The van der Waals surface area contributed by atoms with Gasteiger partial charge in [0.1, 0.15) is 6.04 Å². The van der Waals surface area contributed by atoms with E-state index in [-0.39, 0.29) is 5.91 Å². The molecule has 160 valence electrons. The van der Waals surface area contributed by atoms with Gasteiger partial charge in [-0.25, -0.2) is 4.68 Å². The van der Waals surface area contributed by atoms with E-state index in [0.29, 0.717) is 17.1 Å². The van der Waals surface area contributed by atoms with Gasteiger partial charge in [0.05, 0.1) is 16.3 Å². The van der Waals surface area contributed by atoms with Crippen molar-refractivity contribution in [2.24, 2.45) is 0 Å². The number of hydrogen-bond donors (Lipinski definition) is 2. The van der Waals surface area contributed by atoms with Crippen LogP contribution in [0.25, 0.3) is 16.4 Å². The Hall–Kier alpha value is -3.04. The summed E-state index contributed by atoms with van der Waals surface area (Å²) >= 11 is 6.92. The van der Waals surface area contributed by atoms with Crippen LogP contribution >= 0.6 is 23.6 Å². The molecule has 31 heavy (non-hydrogen) atoms. The standard InChI is InChI=1S/C22H24N6OS2/c1-15-17(14-27(26-15)18-9-4-3-5-10-18)8-6-12-23-21(29)16(2)28-20(24-25-22(28)30)19-11-7-13-31-19/h3-5,7,9-11,13-14,16H,6,8,12H2,1-2H3,(H,23,29)(H,25,30). The number of para-hydroxylation sites is 1. The normalized spacial score (nSPS) is 12.1. The second-order valence-corrected chi connectivity index (χ2v) is 8.62. The zero-order chi connectivity index (χ0) is 21.8. The maximum Gasteiger partial charge on any atom is 0.242 e. The van der Waals surface area contributed by atoms with Gasteiger partial charge < -0.3 is 5.32 Å². The van der Waals surface area contributed by atoms with E-state index in [4.69, 9.17) is 12.2 Å². The van der Waals surface area contributed by atoms with Crippen LogP contribution in [0.3, 0.4) is 0 Å². The number of rotatable bonds is 8. The largest absolute Gasteiger partial charge is 0.354 e. The first kappa shape index (κ1) is 21.2. The van der Waals surface area contributed by atoms with Gasteiger partial charge in [-0.1, -0.05) is 24.3 Å². The molecule has 2 N–H and O–H groups in total. The van der Waals surface area contributed by atoms with Gasteiger partial charge in [-0.15, -0.1) is 11.3 Å². The van der Waals surface area contributed by atoms with Crippen LogP contribution in [0, 0.1) is 11.7 Å². The van der Waals surface area contributed by atoms with Crippen LogP contribution in [0.1, 0.15) is 30.6 Å². The molecule has 1 amide bonds. The summed E-state index contributed by atoms with van der Waals surface area (Å²) in [6.07, 6.45) is 3.74. The molecule has 0 aliphatic rings. The van der Waals surface area contributed by atoms with Crippen LogP contribution in [0.15, 0.2) is 54.0 Å². The third-order valence-corrected chi connectivity index (χ3v) is 6.31. The molecule has 3 aromatic heterocycles. The Morgan fingerprint density at radius 2 is 2.06 bits per heavy atom. The van der Waals surface area contributed by atoms with E-state index in [1.807, 2.05) is 66.4 Å². The third-order valence-electron chi connectivity index (χ3n) is 5.16. The molecule has 0 fully saturated rings. The topological polar surface area (TPSA) is 80.5 Å². The van der Waals surface area contributed by atoms with Crippen molar-refractivity contribution in [2.75, 3.05) is 6.54 Å². The summed E-state index contributed by atoms with van der Waals surface area (Å²) in [6.45, 7) is 4.44. The van der Waals surface area contributed by atoms with E-state index in [1.54, 1.807) is 15.9 Å². The molecule has 7 nitrogen and oxygen atoms in total. The molecule has 4 aromatic rings. The highest BCUT2D eigenvalue weighted by molar-refractivity contribution is 7.71. The molecule has 3 heterocycles. The number of hydrogen-bond acceptors (Lipinski definition) is 5. The highest BCUT2D eigenvalue weighted by Gasteiger charge is 2.21. The number of thiophene rings is 1. The van der Waals surface area contributed by atoms with Gasteiger partial charge in [-0.05, 0) is 68.0 Å². The number of H-pyrrole nitrogens is 1. The van der Waals surface area contributed by atoms with Gasteiger partial charge in [-0.3, -0.25) is 14.5 Å². The fraction of sp³-hybridized carbons (Fsp3) is 0.273. The van der Waals surface area contributed by atoms with Gasteiger partial charge in [0.25, 0.3) is 0 Å². The fourth-order valence-corrected chi connectivity index (χ4v) is 4.45. The number of carbonyl (C=O) groups is 1. The number of amides is 1. The average molecular weight is 453 g/mol. The van der Waals surface area contributed by atoms with Crippen molar-refractivity contribution in [3.8, 4) is 16.4 Å². The highest BCUT2D eigenvalue weighted by atomic mass is 32.1. The Labute approximate surface area is 189 Å². The van der Waals surface area contributed by atoms with Gasteiger partial charge in [0.2, 0.25) is 5.91 Å². The van der Waals surface area contributed by atoms with Crippen LogP contribution in [0.4, 0.5) is 0 Å². The third kappa shape index (κ3) is 4.67. The number of aryl methyl sites for hydroxylation is 2. The van der Waals surface area contributed by atoms with E-state index >= 15 is 0 Å². The summed E-state index contributed by atoms with van der Waals surface area (Å²) in [4.78, 5) is 13.7. The van der Waals surface area contributed by atoms with E-state index in [0.717, 1.165) is 29.1 Å². The number of aromatic amines is 1. The summed E-state index contributed by atoms with van der Waals surface area (Å²) in [5.74, 6) is 0.610. The molecule has 0 saturated heterocycles. The molecule has 1 unspecified atom stereocenters. The van der Waals surface area contributed by atoms with Crippen LogP contribution < -0.4 is 5.32 Å². The lowest BCUT2D eigenvalue weighted by Crippen LogP contribution is -2.32. The molecule has 0 aliphatic carbocycles. The van der Waals surface area contributed by atoms with Gasteiger partial charge in [0, 0.05) is 12.7 Å². The van der Waals surface area contributed by atoms with Crippen LogP contribution in [0.2, 0.25) is 0 Å². The Morgan fingerprint density at radius 3 is 2.81 bits per heavy atom. The van der Waals surface area contributed by atoms with Gasteiger partial charge in [-0.2, -0.15) is 10.2 Å². The van der Waals surface area contributed by atoms with Crippen LogP contribution in [0.5, 0.6) is 0 Å². The number of benzene rings is 1. The maximum absolute atomic E-state index is 12.7. The molecule has 0 bridgehead atoms. The van der Waals surface area contributed by atoms with Crippen molar-refractivity contribution in [1.82, 2.24) is 29.9 Å². The molecule has 1 atom stereocenters. The predicted octanol–water partition coefficient (Wildman–Crippen LogP) is 4.47. The molecule has 0 radical (unpaired) electrons. The molecule has 0 aliphatic heterocycles. The molecule has 0 saturated carbocycles. The number of carbonyl (C=O) groups excluding carboxylic acids is 1. The second-order valence-electron chi connectivity index (χ2n) is 7.29. The van der Waals surface area contributed by atoms with Crippen LogP contribution in [-0.4, -0.2) is 37.0 Å². The molecule has 9 heteroatoms. The summed E-state index contributed by atoms with van der Waals surface area (Å²) in [5.41, 5.74) is 3.23. The van der Waals surface area contributed by atoms with Crippen molar-refractivity contribution in [2.45, 2.75) is 32.7 Å². The van der Waals surface area contributed by atoms with Gasteiger partial charge >= 0.3 is 0 Å². The van der Waals surface area contributed by atoms with E-state index < -0.39 is 6.04 Å². The first-order valence-electron chi connectivity index (χ1n) is 10.1. The molecular weight excluding hydrogens is 428 g/mol. The quantitative estimate of drug-likeness (QED) is 0.305. The maximum atomic E-state index is 12.7. The monoisotopic (exact) mass is 452 g/mol. The van der Waals surface area contributed by atoms with Gasteiger partial charge in [0.15, 0.2) is 10.6 Å². The Bertz CT molecular complexity index is 1210. The Kier molecular flexibility index (Phi) is 6.43. The van der Waals surface area contributed by atoms with Crippen molar-refractivity contribution in [1.29, 1.82) is 0 Å². The fourth-order valence-electron chi connectivity index (χ4n) is 3.45. The summed E-state index contributed by atoms with van der Waals surface area (Å²) in [6, 6.07) is 13.5. The molecule has 1 aromatic carbocycles. The van der Waals surface area contributed by atoms with Crippen molar-refractivity contribution >= 4 is 29.5 Å². The Morgan fingerprint density at radius 1 is 1.26 bits per heavy atom. The lowest BCUT2D eigenvalue weighted by molar-refractivity contribution is -0.123. The lowest BCUT2D eigenvalue weighted by atomic mass is 10.1. The minimum absolute atomic E-state index is 0.0768. The minimum Gasteiger partial charge on any atom is -0.354 e. The summed E-state index contributed by atoms with van der Waals surface area (Å²) in [7, 11) is 0. The highest BCUT2D eigenvalue weighted by Crippen LogP contribution is 2.25. The Balaban J connectivity index is 1.34. The second kappa shape index (κ2) is 9.40. The van der Waals surface area contributed by atoms with Crippen molar-refractivity contribution < 1.29 is 4.79 Å². The number of aromatic nitrogens is 5. The molecular formula is C22H24N6OS2. The molecule has 0 spiro atoms. The summed E-state index contributed by atoms with van der Waals surface area (Å²) < 4.78 is 4.11. The number of nitrogens with one attached hydrogen (secondary N) is 2. The smallest absolute Gasteiger partial charge is 0.242 e. The first-order valence-corrected chi connectivity index (χ1v) is 11.4. The average Bonchev–Trinajstić information content (AvgIpc) is 3.51. The van der Waals surface area contributed by atoms with E-state index in [2.05, 4.69) is 26.8 Å². The van der Waals surface area contributed by atoms with E-state index in [9.17, 15) is 4.79 Å². The van der Waals surface area contributed by atoms with E-state index in [1.165, 1.54) is 5.56 Å².